The van der Waals surface area contributed by atoms with Crippen molar-refractivity contribution < 1.29 is 22.1 Å². The van der Waals surface area contributed by atoms with Crippen LogP contribution in [0.3, 0.4) is 0 Å². The van der Waals surface area contributed by atoms with Crippen molar-refractivity contribution in [3.05, 3.63) is 76.8 Å². The predicted octanol–water partition coefficient (Wildman–Crippen LogP) is 1.71. The maximum Gasteiger partial charge on any atom is 0.270 e. The van der Waals surface area contributed by atoms with Crippen LogP contribution in [0, 0.1) is 0 Å². The van der Waals surface area contributed by atoms with E-state index in [2.05, 4.69) is 21.8 Å². The van der Waals surface area contributed by atoms with Crippen LogP contribution < -0.4 is 4.57 Å². The van der Waals surface area contributed by atoms with Crippen molar-refractivity contribution in [1.82, 2.24) is 9.78 Å². The topological polar surface area (TPSA) is 111 Å². The normalized spacial score (nSPS) is 12.8. The van der Waals surface area contributed by atoms with Crippen LogP contribution in [0.4, 0.5) is 0 Å². The van der Waals surface area contributed by atoms with Crippen molar-refractivity contribution in [2.75, 3.05) is 0 Å². The van der Waals surface area contributed by atoms with E-state index in [1.54, 1.807) is 0 Å². The van der Waals surface area contributed by atoms with E-state index in [1.165, 1.54) is 0 Å². The number of rotatable bonds is 1. The van der Waals surface area contributed by atoms with Crippen LogP contribution in [0.2, 0.25) is 5.02 Å². The number of hydrogen-bond donors (Lipinski definition) is 1. The Morgan fingerprint density at radius 1 is 1.22 bits per heavy atom. The number of aliphatic imine (C=N–C) groups is 1. The van der Waals surface area contributed by atoms with E-state index in [1.807, 2.05) is 54.5 Å². The molecule has 0 saturated carbocycles. The Bertz CT molecular complexity index is 1100. The summed E-state index contributed by atoms with van der Waals surface area (Å²) in [5.41, 5.74) is 4.12. The first kappa shape index (κ1) is 19.2. The van der Waals surface area contributed by atoms with E-state index >= 15 is 0 Å². The van der Waals surface area contributed by atoms with Gasteiger partial charge in [-0.1, -0.05) is 41.9 Å². The maximum atomic E-state index is 8.63. The van der Waals surface area contributed by atoms with Gasteiger partial charge in [-0.15, -0.1) is 4.68 Å². The molecule has 1 N–H and O–H groups in total. The van der Waals surface area contributed by atoms with Crippen molar-refractivity contribution in [1.29, 1.82) is 0 Å². The Labute approximate surface area is 161 Å². The third-order valence-corrected chi connectivity index (χ3v) is 4.13. The first-order valence-electron chi connectivity index (χ1n) is 7.75. The van der Waals surface area contributed by atoms with E-state index in [0.29, 0.717) is 11.6 Å². The first-order valence-corrected chi connectivity index (χ1v) is 9.49. The van der Waals surface area contributed by atoms with Crippen LogP contribution in [0.1, 0.15) is 17.0 Å². The highest BCUT2D eigenvalue weighted by Gasteiger charge is 2.25. The fraction of sp³-hybridized carbons (Fsp3) is 0.118. The molecule has 0 atom stereocenters. The SMILES string of the molecule is Cn1nc[n+]2c1CN=C(c1ccccc1)c1cc(Cl)ccc1-2.O=S(=O)([O-])O. The number of halogens is 1. The average Bonchev–Trinajstić information content (AvgIpc) is 2.87. The highest BCUT2D eigenvalue weighted by atomic mass is 35.5. The summed E-state index contributed by atoms with van der Waals surface area (Å²) in [5.74, 6) is 1.04. The van der Waals surface area contributed by atoms with Gasteiger partial charge >= 0.3 is 0 Å². The molecule has 10 heteroatoms. The van der Waals surface area contributed by atoms with Crippen molar-refractivity contribution in [2.24, 2.45) is 12.0 Å². The van der Waals surface area contributed by atoms with E-state index in [-0.39, 0.29) is 0 Å². The summed E-state index contributed by atoms with van der Waals surface area (Å²) in [4.78, 5) is 4.83. The zero-order valence-electron chi connectivity index (χ0n) is 14.2. The number of hydrogen-bond acceptors (Lipinski definition) is 5. The van der Waals surface area contributed by atoms with Gasteiger partial charge in [0.05, 0.1) is 12.8 Å². The second kappa shape index (κ2) is 7.57. The van der Waals surface area contributed by atoms with Gasteiger partial charge < -0.3 is 4.55 Å². The van der Waals surface area contributed by atoms with Gasteiger partial charge in [0, 0.05) is 21.2 Å². The maximum absolute atomic E-state index is 8.63. The number of fused-ring (bicyclic) bond motifs is 3. The van der Waals surface area contributed by atoms with E-state index in [9.17, 15) is 0 Å². The molecule has 0 amide bonds. The lowest BCUT2D eigenvalue weighted by molar-refractivity contribution is -0.605. The molecule has 0 fully saturated rings. The Morgan fingerprint density at radius 3 is 2.56 bits per heavy atom. The van der Waals surface area contributed by atoms with Crippen LogP contribution >= 0.6 is 11.6 Å². The minimum absolute atomic E-state index is 0.576. The number of benzene rings is 2. The average molecular weight is 407 g/mol. The van der Waals surface area contributed by atoms with Gasteiger partial charge in [0.25, 0.3) is 12.2 Å². The fourth-order valence-electron chi connectivity index (χ4n) is 2.78. The fourth-order valence-corrected chi connectivity index (χ4v) is 2.96. The summed E-state index contributed by atoms with van der Waals surface area (Å²) >= 11 is 6.23. The molecule has 2 heterocycles. The van der Waals surface area contributed by atoms with Crippen LogP contribution in [0.25, 0.3) is 5.69 Å². The number of nitrogens with zero attached hydrogens (tertiary/aromatic N) is 4. The van der Waals surface area contributed by atoms with Crippen molar-refractivity contribution in [3.8, 4) is 5.69 Å². The molecule has 1 aliphatic heterocycles. The minimum Gasteiger partial charge on any atom is -0.726 e. The van der Waals surface area contributed by atoms with Gasteiger partial charge in [-0.25, -0.2) is 8.42 Å². The Balaban J connectivity index is 0.000000376. The van der Waals surface area contributed by atoms with Gasteiger partial charge in [-0.3, -0.25) is 9.55 Å². The van der Waals surface area contributed by atoms with Gasteiger partial charge in [0.1, 0.15) is 12.2 Å². The zero-order valence-corrected chi connectivity index (χ0v) is 15.7. The van der Waals surface area contributed by atoms with E-state index in [0.717, 1.165) is 28.4 Å². The highest BCUT2D eigenvalue weighted by molar-refractivity contribution is 7.79. The Kier molecular flexibility index (Phi) is 5.38. The molecule has 1 aliphatic rings. The Morgan fingerprint density at radius 2 is 1.89 bits per heavy atom. The zero-order chi connectivity index (χ0) is 19.6. The Hall–Kier alpha value is -2.59. The molecule has 3 aromatic rings. The lowest BCUT2D eigenvalue weighted by Crippen LogP contribution is -2.34. The quantitative estimate of drug-likeness (QED) is 0.375. The molecule has 1 aromatic heterocycles. The third kappa shape index (κ3) is 4.58. The molecule has 0 unspecified atom stereocenters. The molecule has 140 valence electrons. The molecular weight excluding hydrogens is 392 g/mol. The van der Waals surface area contributed by atoms with Crippen LogP contribution in [-0.2, 0) is 24.0 Å². The lowest BCUT2D eigenvalue weighted by atomic mass is 10.0. The monoisotopic (exact) mass is 406 g/mol. The summed E-state index contributed by atoms with van der Waals surface area (Å²) in [6, 6.07) is 16.1. The second-order valence-corrected chi connectivity index (χ2v) is 6.95. The van der Waals surface area contributed by atoms with Crippen molar-refractivity contribution in [2.45, 2.75) is 6.54 Å². The number of aryl methyl sites for hydroxylation is 1. The number of aromatic nitrogens is 3. The van der Waals surface area contributed by atoms with Crippen LogP contribution in [-0.4, -0.2) is 33.0 Å². The van der Waals surface area contributed by atoms with Crippen LogP contribution in [0.5, 0.6) is 0 Å². The first-order chi connectivity index (χ1) is 12.7. The van der Waals surface area contributed by atoms with E-state index in [4.69, 9.17) is 34.1 Å². The highest BCUT2D eigenvalue weighted by Crippen LogP contribution is 2.23. The van der Waals surface area contributed by atoms with E-state index < -0.39 is 10.4 Å². The summed E-state index contributed by atoms with van der Waals surface area (Å²) < 4.78 is 36.8. The molecule has 0 spiro atoms. The summed E-state index contributed by atoms with van der Waals surface area (Å²) in [5, 5.41) is 5.04. The molecular formula is C17H15ClN4O4S. The molecule has 0 aliphatic carbocycles. The van der Waals surface area contributed by atoms with Gasteiger partial charge in [-0.05, 0) is 18.2 Å². The van der Waals surface area contributed by atoms with Gasteiger partial charge in [0.2, 0.25) is 10.4 Å². The predicted molar refractivity (Wildman–Crippen MR) is 97.9 cm³/mol. The summed E-state index contributed by atoms with van der Waals surface area (Å²) in [6.07, 6.45) is 1.82. The minimum atomic E-state index is -4.92. The molecule has 4 rings (SSSR count). The van der Waals surface area contributed by atoms with Gasteiger partial charge in [0.15, 0.2) is 0 Å². The summed E-state index contributed by atoms with van der Waals surface area (Å²) in [7, 11) is -2.98. The van der Waals surface area contributed by atoms with Crippen molar-refractivity contribution >= 4 is 27.7 Å². The van der Waals surface area contributed by atoms with Gasteiger partial charge in [-0.2, -0.15) is 4.57 Å². The largest absolute Gasteiger partial charge is 0.726 e. The lowest BCUT2D eigenvalue weighted by Gasteiger charge is -2.09. The summed E-state index contributed by atoms with van der Waals surface area (Å²) in [6.45, 7) is 0.576. The van der Waals surface area contributed by atoms with Crippen molar-refractivity contribution in [3.63, 3.8) is 0 Å². The smallest absolute Gasteiger partial charge is 0.270 e. The molecule has 2 aromatic carbocycles. The standard InChI is InChI=1S/C17H14ClN4.H2O4S/c1-21-16-10-19-17(12-5-3-2-4-6-12)14-9-13(18)7-8-15(14)22(16)11-20-21;1-5(2,3)4/h2-9,11H,10H2,1H3;(H2,1,2,3,4)/q+1;/p-1. The van der Waals surface area contributed by atoms with Crippen LogP contribution in [0.15, 0.2) is 59.9 Å². The second-order valence-electron chi connectivity index (χ2n) is 5.66. The molecule has 0 bridgehead atoms. The molecule has 0 radical (unpaired) electrons. The molecule has 27 heavy (non-hydrogen) atoms. The third-order valence-electron chi connectivity index (χ3n) is 3.89. The molecule has 0 saturated heterocycles. The molecule has 8 nitrogen and oxygen atoms in total.